The highest BCUT2D eigenvalue weighted by Gasteiger charge is 2.26. The Morgan fingerprint density at radius 1 is 1.19 bits per heavy atom. The maximum absolute atomic E-state index is 12.6. The van der Waals surface area contributed by atoms with Gasteiger partial charge in [-0.3, -0.25) is 4.79 Å². The zero-order valence-corrected chi connectivity index (χ0v) is 15.8. The van der Waals surface area contributed by atoms with E-state index in [2.05, 4.69) is 32.1 Å². The van der Waals surface area contributed by atoms with Crippen molar-refractivity contribution in [2.45, 2.75) is 39.2 Å². The van der Waals surface area contributed by atoms with Crippen LogP contribution in [0.15, 0.2) is 36.8 Å². The Labute approximate surface area is 160 Å². The van der Waals surface area contributed by atoms with Crippen LogP contribution in [0.3, 0.4) is 0 Å². The molecule has 27 heavy (non-hydrogen) atoms. The molecule has 0 aromatic carbocycles. The Kier molecular flexibility index (Phi) is 6.96. The zero-order valence-electron chi connectivity index (χ0n) is 15.8. The molecule has 0 saturated carbocycles. The lowest BCUT2D eigenvalue weighted by atomic mass is 9.96. The van der Waals surface area contributed by atoms with Crippen LogP contribution in [0, 0.1) is 5.92 Å². The van der Waals surface area contributed by atoms with Gasteiger partial charge in [0.15, 0.2) is 0 Å². The summed E-state index contributed by atoms with van der Waals surface area (Å²) in [5, 5.41) is 3.05. The molecule has 0 aliphatic carbocycles. The smallest absolute Gasteiger partial charge is 0.225 e. The van der Waals surface area contributed by atoms with Crippen LogP contribution in [0.2, 0.25) is 0 Å². The van der Waals surface area contributed by atoms with Crippen LogP contribution >= 0.6 is 0 Å². The van der Waals surface area contributed by atoms with E-state index in [4.69, 9.17) is 4.74 Å². The summed E-state index contributed by atoms with van der Waals surface area (Å²) < 4.78 is 5.74. The number of hydrogen-bond donors (Lipinski definition) is 1. The Morgan fingerprint density at radius 2 is 1.93 bits per heavy atom. The third kappa shape index (κ3) is 5.39. The zero-order chi connectivity index (χ0) is 18.9. The second-order valence-corrected chi connectivity index (χ2v) is 6.70. The summed E-state index contributed by atoms with van der Waals surface area (Å²) in [6.07, 6.45) is 8.88. The average Bonchev–Trinajstić information content (AvgIpc) is 2.74. The Balaban J connectivity index is 1.48. The van der Waals surface area contributed by atoms with Crippen LogP contribution in [-0.2, 0) is 11.3 Å². The van der Waals surface area contributed by atoms with E-state index in [0.717, 1.165) is 50.3 Å². The second kappa shape index (κ2) is 9.85. The number of rotatable bonds is 8. The maximum Gasteiger partial charge on any atom is 0.225 e. The summed E-state index contributed by atoms with van der Waals surface area (Å²) >= 11 is 0. The number of nitrogens with zero attached hydrogens (tertiary/aromatic N) is 4. The van der Waals surface area contributed by atoms with Gasteiger partial charge in [-0.05, 0) is 31.4 Å². The number of aromatic nitrogens is 3. The number of carbonyl (C=O) groups is 1. The lowest BCUT2D eigenvalue weighted by Gasteiger charge is -2.31. The molecule has 144 valence electrons. The van der Waals surface area contributed by atoms with E-state index in [1.54, 1.807) is 18.6 Å². The normalized spacial score (nSPS) is 14.8. The molecule has 7 heteroatoms. The molecular formula is C20H27N5O2. The van der Waals surface area contributed by atoms with E-state index >= 15 is 0 Å². The van der Waals surface area contributed by atoms with Crippen LogP contribution in [0.1, 0.15) is 38.2 Å². The number of anilines is 1. The van der Waals surface area contributed by atoms with Gasteiger partial charge in [0, 0.05) is 49.7 Å². The predicted molar refractivity (Wildman–Crippen MR) is 103 cm³/mol. The summed E-state index contributed by atoms with van der Waals surface area (Å²) in [5.41, 5.74) is 0.914. The Hall–Kier alpha value is -2.70. The fraction of sp³-hybridized carbons (Fsp3) is 0.500. The number of pyridine rings is 1. The van der Waals surface area contributed by atoms with E-state index < -0.39 is 0 Å². The number of piperidine rings is 1. The molecule has 1 fully saturated rings. The number of unbranched alkanes of at least 4 members (excludes halogenated alkanes) is 1. The first kappa shape index (κ1) is 19.1. The van der Waals surface area contributed by atoms with Crippen LogP contribution in [0.4, 0.5) is 5.95 Å². The van der Waals surface area contributed by atoms with Crippen molar-refractivity contribution < 1.29 is 9.53 Å². The minimum atomic E-state index is 0.0195. The van der Waals surface area contributed by atoms with Gasteiger partial charge in [0.05, 0.1) is 6.61 Å². The first-order valence-corrected chi connectivity index (χ1v) is 9.64. The quantitative estimate of drug-likeness (QED) is 0.721. The highest BCUT2D eigenvalue weighted by atomic mass is 16.5. The predicted octanol–water partition coefficient (Wildman–Crippen LogP) is 2.58. The minimum absolute atomic E-state index is 0.0195. The third-order valence-corrected chi connectivity index (χ3v) is 4.74. The van der Waals surface area contributed by atoms with Crippen molar-refractivity contribution in [1.82, 2.24) is 20.3 Å². The topological polar surface area (TPSA) is 80.2 Å². The highest BCUT2D eigenvalue weighted by Crippen LogP contribution is 2.21. The highest BCUT2D eigenvalue weighted by molar-refractivity contribution is 5.79. The van der Waals surface area contributed by atoms with Gasteiger partial charge in [0.25, 0.3) is 0 Å². The van der Waals surface area contributed by atoms with E-state index in [-0.39, 0.29) is 11.8 Å². The van der Waals surface area contributed by atoms with Crippen molar-refractivity contribution in [3.8, 4) is 5.88 Å². The molecule has 0 atom stereocenters. The number of carbonyl (C=O) groups excluding carboxylic acids is 1. The van der Waals surface area contributed by atoms with Crippen molar-refractivity contribution in [2.75, 3.05) is 24.6 Å². The molecule has 1 aliphatic rings. The summed E-state index contributed by atoms with van der Waals surface area (Å²) in [7, 11) is 0. The van der Waals surface area contributed by atoms with Crippen LogP contribution in [0.5, 0.6) is 5.88 Å². The van der Waals surface area contributed by atoms with Crippen molar-refractivity contribution in [3.05, 3.63) is 42.4 Å². The number of hydrogen-bond acceptors (Lipinski definition) is 6. The average molecular weight is 369 g/mol. The molecule has 7 nitrogen and oxygen atoms in total. The van der Waals surface area contributed by atoms with Gasteiger partial charge in [-0.25, -0.2) is 15.0 Å². The van der Waals surface area contributed by atoms with Gasteiger partial charge in [-0.15, -0.1) is 0 Å². The molecule has 2 aromatic rings. The molecule has 3 rings (SSSR count). The molecule has 0 radical (unpaired) electrons. The molecule has 1 amide bonds. The summed E-state index contributed by atoms with van der Waals surface area (Å²) in [4.78, 5) is 27.5. The van der Waals surface area contributed by atoms with E-state index in [1.807, 2.05) is 18.2 Å². The van der Waals surface area contributed by atoms with Crippen molar-refractivity contribution in [2.24, 2.45) is 5.92 Å². The number of nitrogens with one attached hydrogen (secondary N) is 1. The van der Waals surface area contributed by atoms with Crippen molar-refractivity contribution >= 4 is 11.9 Å². The molecule has 0 spiro atoms. The molecule has 1 saturated heterocycles. The largest absolute Gasteiger partial charge is 0.477 e. The maximum atomic E-state index is 12.6. The lowest BCUT2D eigenvalue weighted by molar-refractivity contribution is -0.125. The van der Waals surface area contributed by atoms with Crippen LogP contribution in [0.25, 0.3) is 0 Å². The first-order chi connectivity index (χ1) is 13.3. The minimum Gasteiger partial charge on any atom is -0.477 e. The second-order valence-electron chi connectivity index (χ2n) is 6.70. The monoisotopic (exact) mass is 369 g/mol. The summed E-state index contributed by atoms with van der Waals surface area (Å²) in [6.45, 7) is 4.80. The molecule has 3 heterocycles. The van der Waals surface area contributed by atoms with E-state index in [0.29, 0.717) is 19.0 Å². The Morgan fingerprint density at radius 3 is 2.67 bits per heavy atom. The van der Waals surface area contributed by atoms with Gasteiger partial charge in [-0.2, -0.15) is 0 Å². The van der Waals surface area contributed by atoms with Crippen molar-refractivity contribution in [1.29, 1.82) is 0 Å². The number of ether oxygens (including phenoxy) is 1. The van der Waals surface area contributed by atoms with Crippen LogP contribution in [-0.4, -0.2) is 40.6 Å². The molecule has 1 aliphatic heterocycles. The molecule has 0 bridgehead atoms. The summed E-state index contributed by atoms with van der Waals surface area (Å²) in [6, 6.07) is 5.62. The molecule has 0 unspecified atom stereocenters. The SMILES string of the molecule is CCCCOc1ncccc1CNC(=O)C1CCN(c2ncccn2)CC1. The van der Waals surface area contributed by atoms with Gasteiger partial charge >= 0.3 is 0 Å². The van der Waals surface area contributed by atoms with Gasteiger partial charge in [0.2, 0.25) is 17.7 Å². The first-order valence-electron chi connectivity index (χ1n) is 9.64. The third-order valence-electron chi connectivity index (χ3n) is 4.74. The molecule has 2 aromatic heterocycles. The van der Waals surface area contributed by atoms with Gasteiger partial charge in [0.1, 0.15) is 0 Å². The fourth-order valence-corrected chi connectivity index (χ4v) is 3.12. The van der Waals surface area contributed by atoms with Gasteiger partial charge in [-0.1, -0.05) is 19.4 Å². The van der Waals surface area contributed by atoms with E-state index in [1.165, 1.54) is 0 Å². The van der Waals surface area contributed by atoms with E-state index in [9.17, 15) is 4.79 Å². The molecular weight excluding hydrogens is 342 g/mol. The van der Waals surface area contributed by atoms with Crippen LogP contribution < -0.4 is 15.0 Å². The lowest BCUT2D eigenvalue weighted by Crippen LogP contribution is -2.41. The standard InChI is InChI=1S/C20H27N5O2/c1-2-3-14-27-19-17(6-4-9-21-19)15-24-18(26)16-7-12-25(13-8-16)20-22-10-5-11-23-20/h4-6,9-11,16H,2-3,7-8,12-15H2,1H3,(H,24,26). The van der Waals surface area contributed by atoms with Crippen molar-refractivity contribution in [3.63, 3.8) is 0 Å². The van der Waals surface area contributed by atoms with Gasteiger partial charge < -0.3 is 15.0 Å². The number of amides is 1. The molecule has 1 N–H and O–H groups in total. The Bertz CT molecular complexity index is 717. The summed E-state index contributed by atoms with van der Waals surface area (Å²) in [5.74, 6) is 1.46. The fourth-order valence-electron chi connectivity index (χ4n) is 3.12.